The summed E-state index contributed by atoms with van der Waals surface area (Å²) >= 11 is 0. The second-order valence-electron chi connectivity index (χ2n) is 17.2. The normalized spacial score (nSPS) is 14.5. The first-order chi connectivity index (χ1) is 33.1. The number of aromatic nitrogens is 1. The predicted octanol–water partition coefficient (Wildman–Crippen LogP) is 17.9. The van der Waals surface area contributed by atoms with Crippen LogP contribution in [-0.4, -0.2) is 4.57 Å². The van der Waals surface area contributed by atoms with Crippen molar-refractivity contribution in [1.29, 1.82) is 0 Å². The van der Waals surface area contributed by atoms with Crippen LogP contribution in [0.3, 0.4) is 0 Å². The van der Waals surface area contributed by atoms with E-state index in [1.54, 1.807) is 0 Å². The van der Waals surface area contributed by atoms with E-state index in [-0.39, 0.29) is 0 Å². The van der Waals surface area contributed by atoms with E-state index in [0.717, 1.165) is 79.6 Å². The number of allylic oxidation sites excluding steroid dienone is 11. The van der Waals surface area contributed by atoms with Crippen molar-refractivity contribution in [3.05, 3.63) is 260 Å². The monoisotopic (exact) mass is 862 g/mol. The Kier molecular flexibility index (Phi) is 11.2. The van der Waals surface area contributed by atoms with Gasteiger partial charge in [0, 0.05) is 49.7 Å². The SMILES string of the molecule is C=C/C=C\C(=C\c1ccc2oc3c4ccccc4ccc3c2c1)N(c1ccc(C2=CC(C/C=C\C=C/C)CC=C2)cc1)c1ccc(-c2cccc(-n3c4ccccc4c4ccccc43)c2)cc1. The van der Waals surface area contributed by atoms with E-state index >= 15 is 0 Å². The van der Waals surface area contributed by atoms with Gasteiger partial charge in [0.25, 0.3) is 0 Å². The topological polar surface area (TPSA) is 21.3 Å². The molecule has 0 amide bonds. The van der Waals surface area contributed by atoms with E-state index < -0.39 is 0 Å². The van der Waals surface area contributed by atoms with E-state index in [1.165, 1.54) is 38.3 Å². The molecule has 1 unspecified atom stereocenters. The van der Waals surface area contributed by atoms with Crippen LogP contribution in [0.5, 0.6) is 0 Å². The molecule has 3 heteroatoms. The zero-order valence-electron chi connectivity index (χ0n) is 37.6. The Bertz CT molecular complexity index is 3610. The Morgan fingerprint density at radius 1 is 0.642 bits per heavy atom. The molecule has 3 nitrogen and oxygen atoms in total. The molecule has 8 aromatic carbocycles. The Balaban J connectivity index is 0.995. The van der Waals surface area contributed by atoms with E-state index in [1.807, 2.05) is 12.2 Å². The largest absolute Gasteiger partial charge is 0.455 e. The molecule has 0 N–H and O–H groups in total. The van der Waals surface area contributed by atoms with Gasteiger partial charge >= 0.3 is 0 Å². The lowest BCUT2D eigenvalue weighted by Crippen LogP contribution is -2.15. The van der Waals surface area contributed by atoms with Gasteiger partial charge in [-0.15, -0.1) is 0 Å². The summed E-state index contributed by atoms with van der Waals surface area (Å²) in [6.07, 6.45) is 25.9. The zero-order valence-corrected chi connectivity index (χ0v) is 37.6. The molecule has 1 atom stereocenters. The van der Waals surface area contributed by atoms with E-state index in [0.29, 0.717) is 5.92 Å². The first kappa shape index (κ1) is 41.3. The molecule has 0 spiro atoms. The van der Waals surface area contributed by atoms with Crippen molar-refractivity contribution >= 4 is 77.5 Å². The second-order valence-corrected chi connectivity index (χ2v) is 17.2. The third-order valence-corrected chi connectivity index (χ3v) is 13.0. The van der Waals surface area contributed by atoms with Crippen LogP contribution in [0, 0.1) is 5.92 Å². The van der Waals surface area contributed by atoms with Gasteiger partial charge in [0.1, 0.15) is 11.2 Å². The highest BCUT2D eigenvalue weighted by atomic mass is 16.3. The molecular formula is C64H50N2O. The number of benzene rings is 8. The van der Waals surface area contributed by atoms with Gasteiger partial charge in [-0.2, -0.15) is 0 Å². The van der Waals surface area contributed by atoms with Crippen LogP contribution in [0.15, 0.2) is 253 Å². The highest BCUT2D eigenvalue weighted by molar-refractivity contribution is 6.15. The van der Waals surface area contributed by atoms with Crippen LogP contribution in [0.1, 0.15) is 30.9 Å². The number of furan rings is 1. The number of fused-ring (bicyclic) bond motifs is 8. The lowest BCUT2D eigenvalue weighted by Gasteiger charge is -2.27. The Morgan fingerprint density at radius 2 is 1.36 bits per heavy atom. The van der Waals surface area contributed by atoms with Crippen molar-refractivity contribution in [1.82, 2.24) is 4.57 Å². The van der Waals surface area contributed by atoms with E-state index in [2.05, 4.69) is 254 Å². The van der Waals surface area contributed by atoms with Crippen molar-refractivity contribution < 1.29 is 4.42 Å². The molecular weight excluding hydrogens is 813 g/mol. The van der Waals surface area contributed by atoms with Crippen molar-refractivity contribution in [2.45, 2.75) is 19.8 Å². The number of hydrogen-bond acceptors (Lipinski definition) is 2. The molecule has 67 heavy (non-hydrogen) atoms. The molecule has 10 aromatic rings. The van der Waals surface area contributed by atoms with Gasteiger partial charge in [-0.3, -0.25) is 0 Å². The summed E-state index contributed by atoms with van der Waals surface area (Å²) in [6.45, 7) is 6.12. The van der Waals surface area contributed by atoms with Crippen molar-refractivity contribution in [2.75, 3.05) is 4.90 Å². The maximum absolute atomic E-state index is 6.51. The summed E-state index contributed by atoms with van der Waals surface area (Å²) in [4.78, 5) is 2.34. The molecule has 1 aliphatic rings. The molecule has 0 fully saturated rings. The fraction of sp³-hybridized carbons (Fsp3) is 0.0625. The average molecular weight is 863 g/mol. The summed E-state index contributed by atoms with van der Waals surface area (Å²) in [7, 11) is 0. The second kappa shape index (κ2) is 18.2. The Labute approximate surface area is 392 Å². The number of anilines is 2. The summed E-state index contributed by atoms with van der Waals surface area (Å²) < 4.78 is 8.89. The molecule has 2 aromatic heterocycles. The molecule has 0 aliphatic heterocycles. The van der Waals surface area contributed by atoms with Gasteiger partial charge in [0.05, 0.1) is 11.0 Å². The minimum absolute atomic E-state index is 0.473. The third kappa shape index (κ3) is 8.06. The number of rotatable bonds is 12. The first-order valence-electron chi connectivity index (χ1n) is 23.2. The summed E-state index contributed by atoms with van der Waals surface area (Å²) in [5.41, 5.74) is 14.3. The van der Waals surface area contributed by atoms with Gasteiger partial charge < -0.3 is 13.9 Å². The molecule has 0 radical (unpaired) electrons. The minimum atomic E-state index is 0.473. The lowest BCUT2D eigenvalue weighted by molar-refractivity contribution is 0.671. The maximum Gasteiger partial charge on any atom is 0.143 e. The van der Waals surface area contributed by atoms with Gasteiger partial charge in [0.2, 0.25) is 0 Å². The van der Waals surface area contributed by atoms with Crippen LogP contribution in [-0.2, 0) is 0 Å². The molecule has 0 bridgehead atoms. The lowest BCUT2D eigenvalue weighted by atomic mass is 9.90. The standard InChI is InChI=1S/C64H50N2O/c1-3-5-7-8-17-45-18-15-20-50(41-45)47-30-35-52(36-31-47)65(54(22-6-4-2)42-46-29-40-63-60(43-46)59-39-34-49-19-9-10-24-56(49)64(59)67-63)53-37-32-48(33-38-53)51-21-16-23-55(44-51)66-61-27-13-11-25-57(61)58-26-12-14-28-62(58)66/h3-16,19-45H,2,17-18H2,1H3/b5-3-,8-7-,22-6-,54-42-. The predicted molar refractivity (Wildman–Crippen MR) is 287 cm³/mol. The molecule has 1 aliphatic carbocycles. The van der Waals surface area contributed by atoms with Gasteiger partial charge in [-0.1, -0.05) is 170 Å². The van der Waals surface area contributed by atoms with Crippen LogP contribution < -0.4 is 4.90 Å². The van der Waals surface area contributed by atoms with Crippen LogP contribution in [0.4, 0.5) is 11.4 Å². The van der Waals surface area contributed by atoms with Crippen molar-refractivity contribution in [3.63, 3.8) is 0 Å². The van der Waals surface area contributed by atoms with Crippen molar-refractivity contribution in [3.8, 4) is 16.8 Å². The average Bonchev–Trinajstić information content (AvgIpc) is 3.93. The van der Waals surface area contributed by atoms with Gasteiger partial charge in [0.15, 0.2) is 0 Å². The highest BCUT2D eigenvalue weighted by Crippen LogP contribution is 2.39. The molecule has 322 valence electrons. The zero-order chi connectivity index (χ0) is 45.1. The van der Waals surface area contributed by atoms with Gasteiger partial charge in [-0.05, 0) is 138 Å². The van der Waals surface area contributed by atoms with Gasteiger partial charge in [-0.25, -0.2) is 0 Å². The summed E-state index contributed by atoms with van der Waals surface area (Å²) in [6, 6.07) is 63.5. The first-order valence-corrected chi connectivity index (χ1v) is 23.2. The maximum atomic E-state index is 6.51. The Hall–Kier alpha value is -8.40. The van der Waals surface area contributed by atoms with Crippen LogP contribution >= 0.6 is 0 Å². The summed E-state index contributed by atoms with van der Waals surface area (Å²) in [5, 5.41) is 7.00. The third-order valence-electron chi connectivity index (χ3n) is 13.0. The van der Waals surface area contributed by atoms with Crippen LogP contribution in [0.2, 0.25) is 0 Å². The van der Waals surface area contributed by atoms with E-state index in [4.69, 9.17) is 4.42 Å². The highest BCUT2D eigenvalue weighted by Gasteiger charge is 2.18. The molecule has 0 saturated heterocycles. The molecule has 2 heterocycles. The fourth-order valence-corrected chi connectivity index (χ4v) is 9.76. The molecule has 0 saturated carbocycles. The number of nitrogens with zero attached hydrogens (tertiary/aromatic N) is 2. The quantitative estimate of drug-likeness (QED) is 0.114. The smallest absolute Gasteiger partial charge is 0.143 e. The van der Waals surface area contributed by atoms with E-state index in [9.17, 15) is 0 Å². The Morgan fingerprint density at radius 3 is 2.10 bits per heavy atom. The van der Waals surface area contributed by atoms with Crippen molar-refractivity contribution in [2.24, 2.45) is 5.92 Å². The number of hydrogen-bond donors (Lipinski definition) is 0. The van der Waals surface area contributed by atoms with Crippen LogP contribution in [0.25, 0.3) is 83.0 Å². The number of para-hydroxylation sites is 2. The minimum Gasteiger partial charge on any atom is -0.455 e. The summed E-state index contributed by atoms with van der Waals surface area (Å²) in [5.74, 6) is 0.473. The molecule has 11 rings (SSSR count). The fourth-order valence-electron chi connectivity index (χ4n) is 9.76.